The van der Waals surface area contributed by atoms with Crippen LogP contribution in [-0.2, 0) is 21.4 Å². The van der Waals surface area contributed by atoms with E-state index in [1.54, 1.807) is 18.5 Å². The standard InChI is InChI=1S/C14H23N3O3S/c1-12(2)9-14(18)16-7-8-17(21(3,19)20)11-13-5-4-6-15-10-13/h4-6,10,12H,7-9,11H2,1-3H3,(H,16,18). The molecule has 0 aliphatic rings. The second-order valence-electron chi connectivity index (χ2n) is 5.41. The lowest BCUT2D eigenvalue weighted by Gasteiger charge is -2.20. The smallest absolute Gasteiger partial charge is 0.220 e. The predicted octanol–water partition coefficient (Wildman–Crippen LogP) is 1.01. The van der Waals surface area contributed by atoms with Crippen LogP contribution in [0.1, 0.15) is 25.8 Å². The Bertz CT molecular complexity index is 544. The lowest BCUT2D eigenvalue weighted by atomic mass is 10.1. The molecule has 1 aromatic rings. The Morgan fingerprint density at radius 2 is 2.14 bits per heavy atom. The van der Waals surface area contributed by atoms with Crippen molar-refractivity contribution in [2.24, 2.45) is 5.92 Å². The molecule has 118 valence electrons. The highest BCUT2D eigenvalue weighted by Crippen LogP contribution is 2.06. The van der Waals surface area contributed by atoms with Gasteiger partial charge >= 0.3 is 0 Å². The SMILES string of the molecule is CC(C)CC(=O)NCCN(Cc1cccnc1)S(C)(=O)=O. The average Bonchev–Trinajstić information content (AvgIpc) is 2.36. The van der Waals surface area contributed by atoms with Gasteiger partial charge in [-0.15, -0.1) is 0 Å². The van der Waals surface area contributed by atoms with Gasteiger partial charge in [0, 0.05) is 38.4 Å². The lowest BCUT2D eigenvalue weighted by Crippen LogP contribution is -2.37. The molecule has 0 saturated carbocycles. The fourth-order valence-electron chi connectivity index (χ4n) is 1.82. The molecule has 1 rings (SSSR count). The van der Waals surface area contributed by atoms with Crippen molar-refractivity contribution in [1.82, 2.24) is 14.6 Å². The van der Waals surface area contributed by atoms with Crippen molar-refractivity contribution in [1.29, 1.82) is 0 Å². The van der Waals surface area contributed by atoms with Gasteiger partial charge in [-0.2, -0.15) is 4.31 Å². The quantitative estimate of drug-likeness (QED) is 0.776. The fraction of sp³-hybridized carbons (Fsp3) is 0.571. The van der Waals surface area contributed by atoms with Gasteiger partial charge in [0.25, 0.3) is 0 Å². The van der Waals surface area contributed by atoms with Crippen LogP contribution in [-0.4, -0.2) is 43.0 Å². The number of nitrogens with zero attached hydrogens (tertiary/aromatic N) is 2. The molecule has 0 atom stereocenters. The molecule has 1 N–H and O–H groups in total. The third-order valence-corrected chi connectivity index (χ3v) is 4.08. The Hall–Kier alpha value is -1.47. The highest BCUT2D eigenvalue weighted by Gasteiger charge is 2.17. The van der Waals surface area contributed by atoms with Crippen LogP contribution < -0.4 is 5.32 Å². The lowest BCUT2D eigenvalue weighted by molar-refractivity contribution is -0.121. The highest BCUT2D eigenvalue weighted by molar-refractivity contribution is 7.88. The van der Waals surface area contributed by atoms with Gasteiger partial charge in [0.2, 0.25) is 15.9 Å². The molecule has 0 aromatic carbocycles. The van der Waals surface area contributed by atoms with Gasteiger partial charge in [0.1, 0.15) is 0 Å². The average molecular weight is 313 g/mol. The Labute approximate surface area is 126 Å². The van der Waals surface area contributed by atoms with Crippen molar-refractivity contribution in [3.63, 3.8) is 0 Å². The predicted molar refractivity (Wildman–Crippen MR) is 82.0 cm³/mol. The van der Waals surface area contributed by atoms with E-state index in [1.165, 1.54) is 10.6 Å². The number of hydrogen-bond acceptors (Lipinski definition) is 4. The van der Waals surface area contributed by atoms with E-state index in [0.29, 0.717) is 13.0 Å². The van der Waals surface area contributed by atoms with Gasteiger partial charge in [-0.25, -0.2) is 8.42 Å². The minimum Gasteiger partial charge on any atom is -0.355 e. The van der Waals surface area contributed by atoms with Gasteiger partial charge in [-0.3, -0.25) is 9.78 Å². The van der Waals surface area contributed by atoms with E-state index >= 15 is 0 Å². The largest absolute Gasteiger partial charge is 0.355 e. The van der Waals surface area contributed by atoms with E-state index in [2.05, 4.69) is 10.3 Å². The van der Waals surface area contributed by atoms with Crippen LogP contribution in [0.25, 0.3) is 0 Å². The van der Waals surface area contributed by atoms with Gasteiger partial charge < -0.3 is 5.32 Å². The summed E-state index contributed by atoms with van der Waals surface area (Å²) in [6.07, 6.45) is 4.89. The summed E-state index contributed by atoms with van der Waals surface area (Å²) in [7, 11) is -3.33. The van der Waals surface area contributed by atoms with Crippen LogP contribution >= 0.6 is 0 Å². The van der Waals surface area contributed by atoms with E-state index in [9.17, 15) is 13.2 Å². The molecule has 1 aromatic heterocycles. The van der Waals surface area contributed by atoms with Crippen molar-refractivity contribution in [3.05, 3.63) is 30.1 Å². The molecule has 0 radical (unpaired) electrons. The molecule has 0 unspecified atom stereocenters. The highest BCUT2D eigenvalue weighted by atomic mass is 32.2. The Kier molecular flexibility index (Phi) is 6.77. The van der Waals surface area contributed by atoms with Gasteiger partial charge in [-0.05, 0) is 17.5 Å². The first kappa shape index (κ1) is 17.6. The summed E-state index contributed by atoms with van der Waals surface area (Å²) in [6, 6.07) is 3.59. The third-order valence-electron chi connectivity index (χ3n) is 2.83. The van der Waals surface area contributed by atoms with Crippen LogP contribution in [0, 0.1) is 5.92 Å². The number of carbonyl (C=O) groups is 1. The molecule has 0 saturated heterocycles. The van der Waals surface area contributed by atoms with Crippen LogP contribution in [0.2, 0.25) is 0 Å². The van der Waals surface area contributed by atoms with Crippen molar-refractivity contribution >= 4 is 15.9 Å². The van der Waals surface area contributed by atoms with E-state index in [1.807, 2.05) is 19.9 Å². The Morgan fingerprint density at radius 3 is 2.67 bits per heavy atom. The number of amides is 1. The number of aromatic nitrogens is 1. The summed E-state index contributed by atoms with van der Waals surface area (Å²) in [5.41, 5.74) is 0.816. The summed E-state index contributed by atoms with van der Waals surface area (Å²) in [5, 5.41) is 2.74. The first-order valence-corrected chi connectivity index (χ1v) is 8.74. The number of pyridine rings is 1. The maximum atomic E-state index is 11.8. The van der Waals surface area contributed by atoms with Gasteiger partial charge in [0.15, 0.2) is 0 Å². The normalized spacial score (nSPS) is 11.9. The van der Waals surface area contributed by atoms with Crippen molar-refractivity contribution in [2.45, 2.75) is 26.8 Å². The maximum absolute atomic E-state index is 11.8. The Morgan fingerprint density at radius 1 is 1.43 bits per heavy atom. The summed E-state index contributed by atoms with van der Waals surface area (Å²) < 4.78 is 24.9. The first-order chi connectivity index (χ1) is 9.79. The van der Waals surface area contributed by atoms with E-state index in [4.69, 9.17) is 0 Å². The molecular formula is C14H23N3O3S. The number of nitrogens with one attached hydrogen (secondary N) is 1. The zero-order valence-electron chi connectivity index (χ0n) is 12.7. The molecular weight excluding hydrogens is 290 g/mol. The van der Waals surface area contributed by atoms with E-state index < -0.39 is 10.0 Å². The van der Waals surface area contributed by atoms with Crippen molar-refractivity contribution in [3.8, 4) is 0 Å². The number of sulfonamides is 1. The molecule has 6 nitrogen and oxygen atoms in total. The number of rotatable bonds is 8. The second kappa shape index (κ2) is 8.09. The minimum absolute atomic E-state index is 0.0557. The third kappa shape index (κ3) is 7.19. The summed E-state index contributed by atoms with van der Waals surface area (Å²) in [5.74, 6) is 0.228. The van der Waals surface area contributed by atoms with Gasteiger partial charge in [-0.1, -0.05) is 19.9 Å². The van der Waals surface area contributed by atoms with Gasteiger partial charge in [0.05, 0.1) is 6.26 Å². The maximum Gasteiger partial charge on any atom is 0.220 e. The number of carbonyl (C=O) groups excluding carboxylic acids is 1. The van der Waals surface area contributed by atoms with Crippen molar-refractivity contribution < 1.29 is 13.2 Å². The fourth-order valence-corrected chi connectivity index (χ4v) is 2.63. The molecule has 1 heterocycles. The van der Waals surface area contributed by atoms with Crippen molar-refractivity contribution in [2.75, 3.05) is 19.3 Å². The van der Waals surface area contributed by atoms with E-state index in [-0.39, 0.29) is 24.9 Å². The molecule has 1 amide bonds. The minimum atomic E-state index is -3.33. The van der Waals surface area contributed by atoms with Crippen LogP contribution in [0.5, 0.6) is 0 Å². The molecule has 0 aliphatic carbocycles. The van der Waals surface area contributed by atoms with E-state index in [0.717, 1.165) is 5.56 Å². The molecule has 0 spiro atoms. The molecule has 7 heteroatoms. The van der Waals surface area contributed by atoms with Crippen LogP contribution in [0.15, 0.2) is 24.5 Å². The Balaban J connectivity index is 2.54. The molecule has 0 aliphatic heterocycles. The van der Waals surface area contributed by atoms with Crippen LogP contribution in [0.3, 0.4) is 0 Å². The molecule has 21 heavy (non-hydrogen) atoms. The summed E-state index contributed by atoms with van der Waals surface area (Å²) in [6.45, 7) is 4.73. The van der Waals surface area contributed by atoms with Crippen LogP contribution in [0.4, 0.5) is 0 Å². The first-order valence-electron chi connectivity index (χ1n) is 6.89. The molecule has 0 bridgehead atoms. The number of hydrogen-bond donors (Lipinski definition) is 1. The summed E-state index contributed by atoms with van der Waals surface area (Å²) >= 11 is 0. The second-order valence-corrected chi connectivity index (χ2v) is 7.39. The summed E-state index contributed by atoms with van der Waals surface area (Å²) in [4.78, 5) is 15.5. The molecule has 0 fully saturated rings. The monoisotopic (exact) mass is 313 g/mol. The topological polar surface area (TPSA) is 79.4 Å². The zero-order chi connectivity index (χ0) is 15.9. The zero-order valence-corrected chi connectivity index (χ0v) is 13.6.